The van der Waals surface area contributed by atoms with Crippen molar-refractivity contribution in [2.24, 2.45) is 0 Å². The highest BCUT2D eigenvalue weighted by Gasteiger charge is 2.17. The molecular weight excluding hydrogens is 250 g/mol. The van der Waals surface area contributed by atoms with E-state index in [0.29, 0.717) is 11.4 Å². The van der Waals surface area contributed by atoms with Gasteiger partial charge in [-0.15, -0.1) is 18.3 Å². The molecule has 1 unspecified atom stereocenters. The summed E-state index contributed by atoms with van der Waals surface area (Å²) >= 11 is 1.23. The van der Waals surface area contributed by atoms with Gasteiger partial charge in [0, 0.05) is 11.4 Å². The van der Waals surface area contributed by atoms with Gasteiger partial charge in [0.25, 0.3) is 0 Å². The van der Waals surface area contributed by atoms with Crippen LogP contribution in [0.1, 0.15) is 17.3 Å². The number of rotatable bonds is 6. The number of carbonyl (C=O) groups is 2. The second-order valence-electron chi connectivity index (χ2n) is 3.60. The Bertz CT molecular complexity index is 459. The second-order valence-corrected chi connectivity index (χ2v) is 4.98. The van der Waals surface area contributed by atoms with Gasteiger partial charge >= 0.3 is 5.97 Å². The van der Waals surface area contributed by atoms with Crippen LogP contribution >= 0.6 is 11.8 Å². The number of nitrogens with one attached hydrogen (secondary N) is 1. The molecule has 5 heteroatoms. The van der Waals surface area contributed by atoms with Crippen LogP contribution in [0.5, 0.6) is 0 Å². The Kier molecular flexibility index (Phi) is 5.45. The van der Waals surface area contributed by atoms with Crippen molar-refractivity contribution in [3.8, 4) is 0 Å². The summed E-state index contributed by atoms with van der Waals surface area (Å²) in [6.07, 6.45) is 1.60. The third-order valence-electron chi connectivity index (χ3n) is 2.21. The molecule has 1 aromatic carbocycles. The Labute approximate surface area is 110 Å². The monoisotopic (exact) mass is 265 g/mol. The maximum Gasteiger partial charge on any atom is 0.336 e. The summed E-state index contributed by atoms with van der Waals surface area (Å²) < 4.78 is 0. The topological polar surface area (TPSA) is 66.4 Å². The van der Waals surface area contributed by atoms with E-state index in [0.717, 1.165) is 0 Å². The maximum absolute atomic E-state index is 11.7. The average molecular weight is 265 g/mol. The van der Waals surface area contributed by atoms with Crippen molar-refractivity contribution in [2.45, 2.75) is 17.1 Å². The molecule has 18 heavy (non-hydrogen) atoms. The summed E-state index contributed by atoms with van der Waals surface area (Å²) in [6, 6.07) is 6.64. The molecule has 96 valence electrons. The fraction of sp³-hybridized carbons (Fsp3) is 0.231. The molecule has 1 aromatic rings. The molecular formula is C13H15NO3S. The molecule has 0 aliphatic heterocycles. The van der Waals surface area contributed by atoms with Gasteiger partial charge in [0.05, 0.1) is 10.8 Å². The summed E-state index contributed by atoms with van der Waals surface area (Å²) in [5, 5.41) is 11.4. The van der Waals surface area contributed by atoms with Gasteiger partial charge in [-0.1, -0.05) is 18.2 Å². The minimum Gasteiger partial charge on any atom is -0.478 e. The van der Waals surface area contributed by atoms with Gasteiger partial charge in [-0.05, 0) is 19.1 Å². The lowest BCUT2D eigenvalue weighted by Crippen LogP contribution is -2.30. The van der Waals surface area contributed by atoms with Crippen molar-refractivity contribution in [3.63, 3.8) is 0 Å². The number of hydrogen-bond acceptors (Lipinski definition) is 3. The summed E-state index contributed by atoms with van der Waals surface area (Å²) in [5.41, 5.74) is 0.214. The van der Waals surface area contributed by atoms with Gasteiger partial charge in [-0.3, -0.25) is 4.79 Å². The number of amides is 1. The van der Waals surface area contributed by atoms with Gasteiger partial charge < -0.3 is 10.4 Å². The predicted molar refractivity (Wildman–Crippen MR) is 71.9 cm³/mol. The Morgan fingerprint density at radius 2 is 2.17 bits per heavy atom. The second kappa shape index (κ2) is 6.86. The molecule has 0 radical (unpaired) electrons. The summed E-state index contributed by atoms with van der Waals surface area (Å²) in [6.45, 7) is 5.66. The normalized spacial score (nSPS) is 11.6. The predicted octanol–water partition coefficient (Wildman–Crippen LogP) is 2.17. The maximum atomic E-state index is 11.7. The molecule has 0 aromatic heterocycles. The van der Waals surface area contributed by atoms with E-state index in [9.17, 15) is 9.59 Å². The number of hydrogen-bond donors (Lipinski definition) is 2. The van der Waals surface area contributed by atoms with Crippen LogP contribution in [-0.2, 0) is 4.79 Å². The lowest BCUT2D eigenvalue weighted by atomic mass is 10.2. The smallest absolute Gasteiger partial charge is 0.336 e. The van der Waals surface area contributed by atoms with Crippen LogP contribution in [0.15, 0.2) is 41.8 Å². The first kappa shape index (κ1) is 14.3. The zero-order valence-electron chi connectivity index (χ0n) is 10.1. The zero-order valence-corrected chi connectivity index (χ0v) is 10.9. The van der Waals surface area contributed by atoms with Crippen molar-refractivity contribution in [1.29, 1.82) is 0 Å². The third-order valence-corrected chi connectivity index (χ3v) is 3.39. The zero-order chi connectivity index (χ0) is 13.5. The average Bonchev–Trinajstić information content (AvgIpc) is 2.36. The minimum atomic E-state index is -0.989. The molecule has 0 fully saturated rings. The number of thioether (sulfide) groups is 1. The van der Waals surface area contributed by atoms with E-state index < -0.39 is 5.97 Å². The SMILES string of the molecule is C=CCNC(=O)C(C)Sc1ccccc1C(=O)O. The first-order valence-corrected chi connectivity index (χ1v) is 6.31. The first-order chi connectivity index (χ1) is 8.56. The number of benzene rings is 1. The molecule has 1 rings (SSSR count). The van der Waals surface area contributed by atoms with E-state index in [4.69, 9.17) is 5.11 Å². The van der Waals surface area contributed by atoms with Crippen molar-refractivity contribution in [1.82, 2.24) is 5.32 Å². The van der Waals surface area contributed by atoms with Gasteiger partial charge in [0.1, 0.15) is 0 Å². The third kappa shape index (κ3) is 3.92. The number of carboxylic acid groups (broad SMARTS) is 1. The van der Waals surface area contributed by atoms with E-state index in [1.165, 1.54) is 17.8 Å². The summed E-state index contributed by atoms with van der Waals surface area (Å²) in [5.74, 6) is -1.13. The molecule has 2 N–H and O–H groups in total. The molecule has 0 aliphatic carbocycles. The van der Waals surface area contributed by atoms with Gasteiger partial charge in [-0.2, -0.15) is 0 Å². The lowest BCUT2D eigenvalue weighted by Gasteiger charge is -2.12. The van der Waals surface area contributed by atoms with E-state index in [1.807, 2.05) is 0 Å². The molecule has 0 saturated heterocycles. The summed E-state index contributed by atoms with van der Waals surface area (Å²) in [7, 11) is 0. The number of carboxylic acids is 1. The molecule has 1 atom stereocenters. The van der Waals surface area contributed by atoms with Crippen molar-refractivity contribution < 1.29 is 14.7 Å². The molecule has 4 nitrogen and oxygen atoms in total. The fourth-order valence-corrected chi connectivity index (χ4v) is 2.32. The van der Waals surface area contributed by atoms with Crippen LogP contribution in [0, 0.1) is 0 Å². The highest BCUT2D eigenvalue weighted by molar-refractivity contribution is 8.00. The largest absolute Gasteiger partial charge is 0.478 e. The molecule has 0 spiro atoms. The van der Waals surface area contributed by atoms with Crippen LogP contribution in [0.2, 0.25) is 0 Å². The molecule has 0 saturated carbocycles. The van der Waals surface area contributed by atoms with Crippen molar-refractivity contribution >= 4 is 23.6 Å². The minimum absolute atomic E-state index is 0.139. The number of carbonyl (C=O) groups excluding carboxylic acids is 1. The van der Waals surface area contributed by atoms with Crippen molar-refractivity contribution in [3.05, 3.63) is 42.5 Å². The van der Waals surface area contributed by atoms with Crippen LogP contribution in [0.4, 0.5) is 0 Å². The Morgan fingerprint density at radius 3 is 2.78 bits per heavy atom. The van der Waals surface area contributed by atoms with Crippen molar-refractivity contribution in [2.75, 3.05) is 6.54 Å². The molecule has 0 heterocycles. The van der Waals surface area contributed by atoms with Gasteiger partial charge in [0.2, 0.25) is 5.91 Å². The van der Waals surface area contributed by atoms with Gasteiger partial charge in [-0.25, -0.2) is 4.79 Å². The quantitative estimate of drug-likeness (QED) is 0.611. The first-order valence-electron chi connectivity index (χ1n) is 5.44. The van der Waals surface area contributed by atoms with E-state index >= 15 is 0 Å². The van der Waals surface area contributed by atoms with Crippen LogP contribution in [0.3, 0.4) is 0 Å². The standard InChI is InChI=1S/C13H15NO3S/c1-3-8-14-12(15)9(2)18-11-7-5-4-6-10(11)13(16)17/h3-7,9H,1,8H2,2H3,(H,14,15)(H,16,17). The highest BCUT2D eigenvalue weighted by atomic mass is 32.2. The Hall–Kier alpha value is -1.75. The van der Waals surface area contributed by atoms with Crippen LogP contribution < -0.4 is 5.32 Å². The van der Waals surface area contributed by atoms with E-state index in [2.05, 4.69) is 11.9 Å². The highest BCUT2D eigenvalue weighted by Crippen LogP contribution is 2.26. The van der Waals surface area contributed by atoms with E-state index in [1.54, 1.807) is 31.2 Å². The van der Waals surface area contributed by atoms with Gasteiger partial charge in [0.15, 0.2) is 0 Å². The van der Waals surface area contributed by atoms with E-state index in [-0.39, 0.29) is 16.7 Å². The fourth-order valence-electron chi connectivity index (χ4n) is 1.31. The Morgan fingerprint density at radius 1 is 1.50 bits per heavy atom. The van der Waals surface area contributed by atoms with Crippen LogP contribution in [0.25, 0.3) is 0 Å². The molecule has 0 aliphatic rings. The summed E-state index contributed by atoms with van der Waals surface area (Å²) in [4.78, 5) is 23.3. The molecule has 1 amide bonds. The Balaban J connectivity index is 2.75. The number of aromatic carboxylic acids is 1. The lowest BCUT2D eigenvalue weighted by molar-refractivity contribution is -0.120. The van der Waals surface area contributed by atoms with Crippen LogP contribution in [-0.4, -0.2) is 28.8 Å². The molecule has 0 bridgehead atoms.